The predicted molar refractivity (Wildman–Crippen MR) is 42.7 cm³/mol. The maximum Gasteiger partial charge on any atom is 0.270 e. The molecule has 3 nitrogen and oxygen atoms in total. The van der Waals surface area contributed by atoms with Crippen molar-refractivity contribution in [2.75, 3.05) is 0 Å². The number of H-pyrrole nitrogens is 1. The highest BCUT2D eigenvalue weighted by Gasteiger charge is 2.05. The van der Waals surface area contributed by atoms with E-state index in [2.05, 4.69) is 19.5 Å². The van der Waals surface area contributed by atoms with E-state index in [9.17, 15) is 4.79 Å². The molecule has 1 aromatic rings. The van der Waals surface area contributed by atoms with Crippen molar-refractivity contribution in [2.24, 2.45) is 0 Å². The number of nitrogens with one attached hydrogen (secondary N) is 2. The molecule has 0 saturated carbocycles. The normalized spacial score (nSPS) is 9.40. The molecule has 0 radical (unpaired) electrons. The monoisotopic (exact) mass is 156 g/mol. The minimum absolute atomic E-state index is 0.104. The summed E-state index contributed by atoms with van der Waals surface area (Å²) in [6.45, 7) is 1.88. The summed E-state index contributed by atoms with van der Waals surface area (Å²) in [7, 11) is 2.16. The molecule has 0 aliphatic rings. The standard InChI is InChI=1S/C6H9N2OP/c1-4-2-3-7-5(4)6(9)8-10/h2-3,7H,10H2,1H3,(H,8,9). The average molecular weight is 156 g/mol. The molecule has 54 valence electrons. The van der Waals surface area contributed by atoms with Gasteiger partial charge in [0.15, 0.2) is 0 Å². The van der Waals surface area contributed by atoms with E-state index in [0.717, 1.165) is 5.56 Å². The smallest absolute Gasteiger partial charge is 0.270 e. The van der Waals surface area contributed by atoms with Crippen LogP contribution in [0.3, 0.4) is 0 Å². The molecule has 0 aromatic carbocycles. The van der Waals surface area contributed by atoms with Gasteiger partial charge in [0.25, 0.3) is 5.91 Å². The van der Waals surface area contributed by atoms with Crippen molar-refractivity contribution in [2.45, 2.75) is 6.92 Å². The van der Waals surface area contributed by atoms with Crippen LogP contribution in [0.4, 0.5) is 0 Å². The second-order valence-corrected chi connectivity index (χ2v) is 2.30. The number of carbonyl (C=O) groups excluding carboxylic acids is 1. The third-order valence-corrected chi connectivity index (χ3v) is 1.58. The van der Waals surface area contributed by atoms with Gasteiger partial charge in [-0.2, -0.15) is 0 Å². The van der Waals surface area contributed by atoms with Gasteiger partial charge in [0.1, 0.15) is 5.69 Å². The summed E-state index contributed by atoms with van der Waals surface area (Å²) in [5, 5.41) is 2.45. The molecule has 1 heterocycles. The van der Waals surface area contributed by atoms with Gasteiger partial charge in [0.05, 0.1) is 0 Å². The van der Waals surface area contributed by atoms with Crippen molar-refractivity contribution in [1.29, 1.82) is 0 Å². The quantitative estimate of drug-likeness (QED) is 0.581. The van der Waals surface area contributed by atoms with Crippen molar-refractivity contribution in [1.82, 2.24) is 10.1 Å². The highest BCUT2D eigenvalue weighted by molar-refractivity contribution is 7.15. The van der Waals surface area contributed by atoms with Crippen LogP contribution in [0.5, 0.6) is 0 Å². The average Bonchev–Trinajstić information content (AvgIpc) is 2.34. The second kappa shape index (κ2) is 2.84. The lowest BCUT2D eigenvalue weighted by molar-refractivity contribution is 0.0979. The third-order valence-electron chi connectivity index (χ3n) is 1.31. The van der Waals surface area contributed by atoms with E-state index >= 15 is 0 Å². The highest BCUT2D eigenvalue weighted by Crippen LogP contribution is 2.03. The van der Waals surface area contributed by atoms with Crippen LogP contribution in [0, 0.1) is 6.92 Å². The second-order valence-electron chi connectivity index (χ2n) is 2.01. The molecule has 1 unspecified atom stereocenters. The SMILES string of the molecule is Cc1cc[nH]c1C(=O)NP. The predicted octanol–water partition coefficient (Wildman–Crippen LogP) is 0.843. The van der Waals surface area contributed by atoms with Crippen LogP contribution in [0.25, 0.3) is 0 Å². The Morgan fingerprint density at radius 1 is 1.80 bits per heavy atom. The summed E-state index contributed by atoms with van der Waals surface area (Å²) in [4.78, 5) is 13.8. The van der Waals surface area contributed by atoms with Gasteiger partial charge in [-0.05, 0) is 27.9 Å². The first-order chi connectivity index (χ1) is 4.75. The molecule has 0 bridgehead atoms. The van der Waals surface area contributed by atoms with Gasteiger partial charge in [-0.3, -0.25) is 4.79 Å². The van der Waals surface area contributed by atoms with E-state index < -0.39 is 0 Å². The minimum atomic E-state index is -0.104. The summed E-state index contributed by atoms with van der Waals surface area (Å²) in [6.07, 6.45) is 1.74. The summed E-state index contributed by atoms with van der Waals surface area (Å²) in [5.41, 5.74) is 1.58. The molecule has 1 amide bonds. The fraction of sp³-hybridized carbons (Fsp3) is 0.167. The molecular formula is C6H9N2OP. The Balaban J connectivity index is 2.93. The van der Waals surface area contributed by atoms with Crippen molar-refractivity contribution in [3.63, 3.8) is 0 Å². The molecule has 0 aliphatic heterocycles. The zero-order chi connectivity index (χ0) is 7.56. The maximum absolute atomic E-state index is 10.9. The summed E-state index contributed by atoms with van der Waals surface area (Å²) in [6, 6.07) is 1.86. The molecule has 1 aromatic heterocycles. The fourth-order valence-electron chi connectivity index (χ4n) is 0.764. The zero-order valence-electron chi connectivity index (χ0n) is 5.64. The van der Waals surface area contributed by atoms with E-state index in [4.69, 9.17) is 0 Å². The Labute approximate surface area is 61.5 Å². The van der Waals surface area contributed by atoms with Crippen molar-refractivity contribution >= 4 is 15.3 Å². The molecule has 0 spiro atoms. The largest absolute Gasteiger partial charge is 0.357 e. The van der Waals surface area contributed by atoms with Crippen LogP contribution >= 0.6 is 9.39 Å². The number of hydrogen-bond acceptors (Lipinski definition) is 1. The molecule has 4 heteroatoms. The zero-order valence-corrected chi connectivity index (χ0v) is 6.79. The Bertz CT molecular complexity index is 244. The Kier molecular flexibility index (Phi) is 2.07. The van der Waals surface area contributed by atoms with Gasteiger partial charge in [0, 0.05) is 6.20 Å². The maximum atomic E-state index is 10.9. The van der Waals surface area contributed by atoms with Crippen LogP contribution < -0.4 is 5.09 Å². The number of aromatic nitrogens is 1. The summed E-state index contributed by atoms with van der Waals surface area (Å²) < 4.78 is 0. The molecule has 0 fully saturated rings. The highest BCUT2D eigenvalue weighted by atomic mass is 31.0. The van der Waals surface area contributed by atoms with Gasteiger partial charge in [0.2, 0.25) is 0 Å². The molecule has 1 rings (SSSR count). The lowest BCUT2D eigenvalue weighted by atomic mass is 10.3. The Morgan fingerprint density at radius 3 is 2.90 bits per heavy atom. The van der Waals surface area contributed by atoms with E-state index in [1.807, 2.05) is 13.0 Å². The number of hydrogen-bond donors (Lipinski definition) is 2. The fourth-order valence-corrected chi connectivity index (χ4v) is 0.908. The van der Waals surface area contributed by atoms with Gasteiger partial charge in [-0.1, -0.05) is 0 Å². The van der Waals surface area contributed by atoms with Gasteiger partial charge in [-0.15, -0.1) is 0 Å². The van der Waals surface area contributed by atoms with Crippen molar-refractivity contribution < 1.29 is 4.79 Å². The van der Waals surface area contributed by atoms with Gasteiger partial charge >= 0.3 is 0 Å². The first-order valence-electron chi connectivity index (χ1n) is 2.90. The van der Waals surface area contributed by atoms with E-state index in [-0.39, 0.29) is 5.91 Å². The summed E-state index contributed by atoms with van der Waals surface area (Å²) >= 11 is 0. The van der Waals surface area contributed by atoms with E-state index in [0.29, 0.717) is 5.69 Å². The van der Waals surface area contributed by atoms with Crippen LogP contribution in [-0.2, 0) is 0 Å². The minimum Gasteiger partial charge on any atom is -0.357 e. The molecular weight excluding hydrogens is 147 g/mol. The molecule has 10 heavy (non-hydrogen) atoms. The molecule has 0 saturated heterocycles. The number of carbonyl (C=O) groups is 1. The van der Waals surface area contributed by atoms with Crippen molar-refractivity contribution in [3.05, 3.63) is 23.5 Å². The van der Waals surface area contributed by atoms with Crippen LogP contribution in [0.15, 0.2) is 12.3 Å². The van der Waals surface area contributed by atoms with Crippen molar-refractivity contribution in [3.8, 4) is 0 Å². The molecule has 1 atom stereocenters. The van der Waals surface area contributed by atoms with Crippen LogP contribution in [-0.4, -0.2) is 10.9 Å². The van der Waals surface area contributed by atoms with E-state index in [1.165, 1.54) is 0 Å². The lowest BCUT2D eigenvalue weighted by Gasteiger charge is -1.95. The number of aryl methyl sites for hydroxylation is 1. The molecule has 0 aliphatic carbocycles. The number of aromatic amines is 1. The van der Waals surface area contributed by atoms with Gasteiger partial charge < -0.3 is 10.1 Å². The number of amides is 1. The van der Waals surface area contributed by atoms with E-state index in [1.54, 1.807) is 6.20 Å². The molecule has 2 N–H and O–H groups in total. The van der Waals surface area contributed by atoms with Gasteiger partial charge in [-0.25, -0.2) is 0 Å². The Morgan fingerprint density at radius 2 is 2.50 bits per heavy atom. The number of rotatable bonds is 1. The van der Waals surface area contributed by atoms with Crippen LogP contribution in [0.1, 0.15) is 16.1 Å². The lowest BCUT2D eigenvalue weighted by Crippen LogP contribution is -2.13. The third kappa shape index (κ3) is 1.19. The first-order valence-corrected chi connectivity index (χ1v) is 3.48. The topological polar surface area (TPSA) is 44.9 Å². The Hall–Kier alpha value is -0.820. The first kappa shape index (κ1) is 7.29. The van der Waals surface area contributed by atoms with Crippen LogP contribution in [0.2, 0.25) is 0 Å². The summed E-state index contributed by atoms with van der Waals surface area (Å²) in [5.74, 6) is -0.104.